The van der Waals surface area contributed by atoms with Crippen molar-refractivity contribution >= 4 is 35.3 Å². The average Bonchev–Trinajstić information content (AvgIpc) is 3.17. The highest BCUT2D eigenvalue weighted by atomic mass is 35.5. The van der Waals surface area contributed by atoms with Crippen molar-refractivity contribution in [3.63, 3.8) is 0 Å². The number of benzene rings is 2. The smallest absolute Gasteiger partial charge is 0.229 e. The summed E-state index contributed by atoms with van der Waals surface area (Å²) in [6.45, 7) is 2.05. The van der Waals surface area contributed by atoms with Crippen LogP contribution in [0.25, 0.3) is 17.1 Å². The first-order valence-electron chi connectivity index (χ1n) is 9.49. The first kappa shape index (κ1) is 21.1. The van der Waals surface area contributed by atoms with E-state index in [1.165, 1.54) is 17.3 Å². The summed E-state index contributed by atoms with van der Waals surface area (Å²) in [5.74, 6) is 2.49. The minimum absolute atomic E-state index is 0.189. The van der Waals surface area contributed by atoms with Gasteiger partial charge in [0.25, 0.3) is 0 Å². The molecule has 0 radical (unpaired) electrons. The summed E-state index contributed by atoms with van der Waals surface area (Å²) in [6.07, 6.45) is 0. The molecule has 2 aromatic carbocycles. The number of hydrogen-bond donors (Lipinski definition) is 1. The summed E-state index contributed by atoms with van der Waals surface area (Å²) in [7, 11) is 3.72. The Hall–Kier alpha value is -3.17. The number of halogens is 1. The summed E-state index contributed by atoms with van der Waals surface area (Å²) in [5, 5.41) is 10.3. The van der Waals surface area contributed by atoms with Gasteiger partial charge < -0.3 is 10.6 Å². The van der Waals surface area contributed by atoms with Crippen molar-refractivity contribution in [3.8, 4) is 17.1 Å². The Morgan fingerprint density at radius 3 is 2.35 bits per heavy atom. The number of nitrogen functional groups attached to an aromatic ring is 1. The van der Waals surface area contributed by atoms with Crippen molar-refractivity contribution in [2.75, 3.05) is 24.7 Å². The molecule has 0 fully saturated rings. The molecule has 0 aliphatic carbocycles. The first-order valence-corrected chi connectivity index (χ1v) is 10.9. The molecule has 0 aliphatic heterocycles. The topological polar surface area (TPSA) is 98.6 Å². The summed E-state index contributed by atoms with van der Waals surface area (Å²) in [5.41, 5.74) is 8.92. The summed E-state index contributed by atoms with van der Waals surface area (Å²) >= 11 is 7.58. The van der Waals surface area contributed by atoms with Crippen LogP contribution in [0.5, 0.6) is 0 Å². The highest BCUT2D eigenvalue weighted by Crippen LogP contribution is 2.30. The fraction of sp³-hybridized carbons (Fsp3) is 0.190. The van der Waals surface area contributed by atoms with Crippen LogP contribution in [0.1, 0.15) is 11.4 Å². The first-order chi connectivity index (χ1) is 14.9. The second-order valence-corrected chi connectivity index (χ2v) is 8.46. The molecule has 0 bridgehead atoms. The summed E-state index contributed by atoms with van der Waals surface area (Å²) in [4.78, 5) is 14.6. The van der Waals surface area contributed by atoms with Crippen LogP contribution in [0.4, 0.5) is 11.9 Å². The van der Waals surface area contributed by atoms with E-state index in [4.69, 9.17) is 17.3 Å². The third-order valence-corrected chi connectivity index (χ3v) is 5.62. The van der Waals surface area contributed by atoms with Crippen LogP contribution in [0.2, 0.25) is 5.02 Å². The molecule has 2 heterocycles. The van der Waals surface area contributed by atoms with Gasteiger partial charge in [0, 0.05) is 30.4 Å². The Labute approximate surface area is 189 Å². The van der Waals surface area contributed by atoms with Gasteiger partial charge in [0.2, 0.25) is 11.9 Å². The second-order valence-electron chi connectivity index (χ2n) is 7.08. The number of aryl methyl sites for hydroxylation is 1. The summed E-state index contributed by atoms with van der Waals surface area (Å²) in [6, 6.07) is 15.8. The molecule has 10 heteroatoms. The van der Waals surface area contributed by atoms with Gasteiger partial charge in [0.05, 0.1) is 5.75 Å². The maximum absolute atomic E-state index is 6.10. The predicted molar refractivity (Wildman–Crippen MR) is 125 cm³/mol. The molecule has 2 aromatic heterocycles. The van der Waals surface area contributed by atoms with E-state index in [-0.39, 0.29) is 5.95 Å². The fourth-order valence-electron chi connectivity index (χ4n) is 2.89. The van der Waals surface area contributed by atoms with Gasteiger partial charge in [0.1, 0.15) is 5.82 Å². The van der Waals surface area contributed by atoms with Crippen molar-refractivity contribution in [1.29, 1.82) is 0 Å². The van der Waals surface area contributed by atoms with Gasteiger partial charge >= 0.3 is 0 Å². The highest BCUT2D eigenvalue weighted by Gasteiger charge is 2.17. The van der Waals surface area contributed by atoms with Crippen LogP contribution >= 0.6 is 23.4 Å². The minimum atomic E-state index is 0.189. The number of hydrogen-bond acceptors (Lipinski definition) is 8. The minimum Gasteiger partial charge on any atom is -0.368 e. The normalized spacial score (nSPS) is 11.0. The molecule has 0 aliphatic rings. The predicted octanol–water partition coefficient (Wildman–Crippen LogP) is 4.02. The standard InChI is InChI=1S/C21H21ClN8S/c1-13-4-6-14(7-5-13)18-27-28-21(30(18)16-10-8-15(22)9-11-16)31-12-17-24-19(23)26-20(25-17)29(2)3/h4-11H,12H2,1-3H3,(H2,23,24,25,26). The molecule has 8 nitrogen and oxygen atoms in total. The lowest BCUT2D eigenvalue weighted by molar-refractivity contribution is 0.878. The van der Waals surface area contributed by atoms with E-state index in [0.717, 1.165) is 17.1 Å². The molecule has 0 saturated heterocycles. The molecule has 158 valence electrons. The Kier molecular flexibility index (Phi) is 6.06. The van der Waals surface area contributed by atoms with Crippen molar-refractivity contribution in [1.82, 2.24) is 29.7 Å². The van der Waals surface area contributed by atoms with E-state index in [0.29, 0.717) is 27.7 Å². The SMILES string of the molecule is Cc1ccc(-c2nnc(SCc3nc(N)nc(N(C)C)n3)n2-c2ccc(Cl)cc2)cc1. The van der Waals surface area contributed by atoms with Crippen LogP contribution in [0.3, 0.4) is 0 Å². The van der Waals surface area contributed by atoms with Gasteiger partial charge in [-0.1, -0.05) is 53.2 Å². The second kappa shape index (κ2) is 8.91. The van der Waals surface area contributed by atoms with E-state index >= 15 is 0 Å². The lowest BCUT2D eigenvalue weighted by Crippen LogP contribution is -2.16. The Bertz CT molecular complexity index is 1190. The molecule has 4 rings (SSSR count). The molecule has 0 amide bonds. The zero-order chi connectivity index (χ0) is 22.0. The lowest BCUT2D eigenvalue weighted by Gasteiger charge is -2.12. The fourth-order valence-corrected chi connectivity index (χ4v) is 3.83. The van der Waals surface area contributed by atoms with Gasteiger partial charge in [-0.25, -0.2) is 0 Å². The molecule has 4 aromatic rings. The maximum atomic E-state index is 6.10. The monoisotopic (exact) mass is 452 g/mol. The number of aromatic nitrogens is 6. The Morgan fingerprint density at radius 2 is 1.68 bits per heavy atom. The van der Waals surface area contributed by atoms with Crippen LogP contribution in [-0.2, 0) is 5.75 Å². The largest absolute Gasteiger partial charge is 0.368 e. The third kappa shape index (κ3) is 4.78. The van der Waals surface area contributed by atoms with Crippen LogP contribution in [-0.4, -0.2) is 43.8 Å². The molecule has 2 N–H and O–H groups in total. The zero-order valence-electron chi connectivity index (χ0n) is 17.3. The Balaban J connectivity index is 1.71. The van der Waals surface area contributed by atoms with Crippen molar-refractivity contribution in [2.45, 2.75) is 17.8 Å². The molecular formula is C21H21ClN8S. The lowest BCUT2D eigenvalue weighted by atomic mass is 10.1. The van der Waals surface area contributed by atoms with Gasteiger partial charge in [-0.05, 0) is 31.2 Å². The molecule has 0 spiro atoms. The van der Waals surface area contributed by atoms with E-state index < -0.39 is 0 Å². The van der Waals surface area contributed by atoms with Gasteiger partial charge in [0.15, 0.2) is 11.0 Å². The number of thioether (sulfide) groups is 1. The molecule has 31 heavy (non-hydrogen) atoms. The quantitative estimate of drug-likeness (QED) is 0.438. The van der Waals surface area contributed by atoms with Gasteiger partial charge in [-0.3, -0.25) is 4.57 Å². The Morgan fingerprint density at radius 1 is 0.968 bits per heavy atom. The number of nitrogens with zero attached hydrogens (tertiary/aromatic N) is 7. The van der Waals surface area contributed by atoms with E-state index in [9.17, 15) is 0 Å². The van der Waals surface area contributed by atoms with Crippen molar-refractivity contribution in [3.05, 3.63) is 64.9 Å². The molecule has 0 saturated carbocycles. The van der Waals surface area contributed by atoms with Crippen molar-refractivity contribution in [2.24, 2.45) is 0 Å². The van der Waals surface area contributed by atoms with E-state index in [1.54, 1.807) is 4.90 Å². The van der Waals surface area contributed by atoms with Crippen molar-refractivity contribution < 1.29 is 0 Å². The highest BCUT2D eigenvalue weighted by molar-refractivity contribution is 7.98. The van der Waals surface area contributed by atoms with E-state index in [2.05, 4.69) is 44.2 Å². The number of nitrogens with two attached hydrogens (primary N) is 1. The summed E-state index contributed by atoms with van der Waals surface area (Å²) < 4.78 is 2.00. The van der Waals surface area contributed by atoms with Crippen LogP contribution in [0.15, 0.2) is 53.7 Å². The van der Waals surface area contributed by atoms with E-state index in [1.807, 2.05) is 55.1 Å². The molecule has 0 atom stereocenters. The average molecular weight is 453 g/mol. The van der Waals surface area contributed by atoms with Gasteiger partial charge in [-0.15, -0.1) is 10.2 Å². The molecule has 0 unspecified atom stereocenters. The van der Waals surface area contributed by atoms with Crippen LogP contribution < -0.4 is 10.6 Å². The van der Waals surface area contributed by atoms with Gasteiger partial charge in [-0.2, -0.15) is 15.0 Å². The van der Waals surface area contributed by atoms with Crippen LogP contribution in [0, 0.1) is 6.92 Å². The number of anilines is 2. The maximum Gasteiger partial charge on any atom is 0.229 e. The third-order valence-electron chi connectivity index (χ3n) is 4.45. The number of rotatable bonds is 6. The zero-order valence-corrected chi connectivity index (χ0v) is 18.9. The molecular weight excluding hydrogens is 432 g/mol.